The van der Waals surface area contributed by atoms with E-state index in [1.54, 1.807) is 0 Å². The van der Waals surface area contributed by atoms with Crippen molar-refractivity contribution in [3.8, 4) is 0 Å². The SMILES string of the molecule is C1=CC2c3[nH]c4ccccc4c3C(c3ccccc3)C2C1=C(c1ccccc1)c1ccccc1. The molecule has 0 radical (unpaired) electrons. The summed E-state index contributed by atoms with van der Waals surface area (Å²) in [6.45, 7) is 0. The van der Waals surface area contributed by atoms with Crippen LogP contribution in [0, 0.1) is 5.92 Å². The number of benzene rings is 4. The van der Waals surface area contributed by atoms with Crippen molar-refractivity contribution in [2.24, 2.45) is 5.92 Å². The third-order valence-electron chi connectivity index (χ3n) is 7.58. The van der Waals surface area contributed by atoms with Crippen molar-refractivity contribution in [1.82, 2.24) is 4.98 Å². The fourth-order valence-corrected chi connectivity index (χ4v) is 6.25. The zero-order chi connectivity index (χ0) is 22.5. The minimum absolute atomic E-state index is 0.310. The van der Waals surface area contributed by atoms with Gasteiger partial charge in [0.2, 0.25) is 0 Å². The van der Waals surface area contributed by atoms with Crippen LogP contribution in [0.2, 0.25) is 0 Å². The summed E-state index contributed by atoms with van der Waals surface area (Å²) < 4.78 is 0. The highest BCUT2D eigenvalue weighted by Gasteiger charge is 2.47. The van der Waals surface area contributed by atoms with E-state index in [-0.39, 0.29) is 0 Å². The van der Waals surface area contributed by atoms with Gasteiger partial charge in [-0.15, -0.1) is 0 Å². The Hall–Kier alpha value is -4.10. The highest BCUT2D eigenvalue weighted by molar-refractivity contribution is 5.90. The molecular weight excluding hydrogens is 410 g/mol. The molecule has 1 nitrogen and oxygen atoms in total. The third kappa shape index (κ3) is 2.87. The average Bonchev–Trinajstić information content (AvgIpc) is 3.57. The molecular formula is C33H25N. The predicted molar refractivity (Wildman–Crippen MR) is 141 cm³/mol. The van der Waals surface area contributed by atoms with Gasteiger partial charge in [-0.2, -0.15) is 0 Å². The van der Waals surface area contributed by atoms with E-state index in [0.717, 1.165) is 0 Å². The number of aromatic nitrogens is 1. The Morgan fingerprint density at radius 3 is 1.88 bits per heavy atom. The normalized spacial score (nSPS) is 20.5. The fourth-order valence-electron chi connectivity index (χ4n) is 6.25. The minimum Gasteiger partial charge on any atom is -0.358 e. The molecule has 0 fully saturated rings. The Labute approximate surface area is 200 Å². The zero-order valence-electron chi connectivity index (χ0n) is 18.9. The van der Waals surface area contributed by atoms with E-state index in [2.05, 4.69) is 132 Å². The first-order valence-electron chi connectivity index (χ1n) is 12.1. The second-order valence-electron chi connectivity index (χ2n) is 9.36. The third-order valence-corrected chi connectivity index (χ3v) is 7.58. The summed E-state index contributed by atoms with van der Waals surface area (Å²) in [5.74, 6) is 1.03. The Bertz CT molecular complexity index is 1500. The maximum Gasteiger partial charge on any atom is 0.0459 e. The minimum atomic E-state index is 0.310. The van der Waals surface area contributed by atoms with Crippen molar-refractivity contribution in [1.29, 1.82) is 0 Å². The molecule has 0 saturated carbocycles. The number of H-pyrrole nitrogens is 1. The van der Waals surface area contributed by atoms with E-state index >= 15 is 0 Å². The first kappa shape index (κ1) is 19.4. The van der Waals surface area contributed by atoms with E-state index in [1.165, 1.54) is 50.0 Å². The van der Waals surface area contributed by atoms with Crippen molar-refractivity contribution < 1.29 is 0 Å². The summed E-state index contributed by atoms with van der Waals surface area (Å²) >= 11 is 0. The van der Waals surface area contributed by atoms with Crippen LogP contribution >= 0.6 is 0 Å². The predicted octanol–water partition coefficient (Wildman–Crippen LogP) is 8.09. The van der Waals surface area contributed by atoms with E-state index in [4.69, 9.17) is 0 Å². The Balaban J connectivity index is 1.51. The topological polar surface area (TPSA) is 15.8 Å². The molecule has 7 rings (SSSR count). The molecule has 2 aliphatic carbocycles. The number of para-hydroxylation sites is 1. The monoisotopic (exact) mass is 435 g/mol. The number of nitrogens with one attached hydrogen (secondary N) is 1. The zero-order valence-corrected chi connectivity index (χ0v) is 18.9. The van der Waals surface area contributed by atoms with E-state index in [0.29, 0.717) is 17.8 Å². The maximum atomic E-state index is 3.81. The van der Waals surface area contributed by atoms with E-state index in [1.807, 2.05) is 0 Å². The van der Waals surface area contributed by atoms with Crippen LogP contribution in [0.3, 0.4) is 0 Å². The van der Waals surface area contributed by atoms with Crippen molar-refractivity contribution in [3.63, 3.8) is 0 Å². The van der Waals surface area contributed by atoms with Gasteiger partial charge in [-0.25, -0.2) is 0 Å². The molecule has 162 valence electrons. The second kappa shape index (κ2) is 7.74. The van der Waals surface area contributed by atoms with Crippen LogP contribution in [0.15, 0.2) is 133 Å². The molecule has 0 aliphatic heterocycles. The van der Waals surface area contributed by atoms with Crippen molar-refractivity contribution in [2.45, 2.75) is 11.8 Å². The van der Waals surface area contributed by atoms with Gasteiger partial charge < -0.3 is 4.98 Å². The summed E-state index contributed by atoms with van der Waals surface area (Å²) in [6, 6.07) is 41.6. The standard InChI is InChI=1S/C33H25N/c1-4-12-22(13-5-1)29(23-14-6-2-7-15-23)26-20-21-27-31(26)30(24-16-8-3-9-17-24)32-25-18-10-11-19-28(25)34-33(27)32/h1-21,27,30-31,34H. The number of aromatic amines is 1. The van der Waals surface area contributed by atoms with Crippen molar-refractivity contribution in [2.75, 3.05) is 0 Å². The number of allylic oxidation sites excluding steroid dienone is 3. The van der Waals surface area contributed by atoms with Gasteiger partial charge in [0.05, 0.1) is 0 Å². The lowest BCUT2D eigenvalue weighted by molar-refractivity contribution is 0.569. The average molecular weight is 436 g/mol. The molecule has 1 heteroatoms. The van der Waals surface area contributed by atoms with Gasteiger partial charge in [-0.05, 0) is 39.5 Å². The lowest BCUT2D eigenvalue weighted by Crippen LogP contribution is -2.13. The molecule has 34 heavy (non-hydrogen) atoms. The molecule has 1 aromatic heterocycles. The van der Waals surface area contributed by atoms with Crippen molar-refractivity contribution >= 4 is 16.5 Å². The van der Waals surface area contributed by atoms with Gasteiger partial charge >= 0.3 is 0 Å². The van der Waals surface area contributed by atoms with Crippen LogP contribution in [0.4, 0.5) is 0 Å². The van der Waals surface area contributed by atoms with E-state index < -0.39 is 0 Å². The number of hydrogen-bond donors (Lipinski definition) is 1. The van der Waals surface area contributed by atoms with Gasteiger partial charge in [0.1, 0.15) is 0 Å². The van der Waals surface area contributed by atoms with Gasteiger partial charge in [-0.1, -0.05) is 121 Å². The summed E-state index contributed by atoms with van der Waals surface area (Å²) in [6.07, 6.45) is 4.83. The van der Waals surface area contributed by atoms with Crippen LogP contribution in [-0.2, 0) is 0 Å². The quantitative estimate of drug-likeness (QED) is 0.295. The Morgan fingerprint density at radius 1 is 0.618 bits per heavy atom. The molecule has 3 unspecified atom stereocenters. The Kier molecular flexibility index (Phi) is 4.41. The van der Waals surface area contributed by atoms with Gasteiger partial charge in [0.25, 0.3) is 0 Å². The molecule has 0 saturated heterocycles. The molecule has 4 aromatic carbocycles. The Morgan fingerprint density at radius 2 is 1.21 bits per heavy atom. The number of hydrogen-bond acceptors (Lipinski definition) is 0. The van der Waals surface area contributed by atoms with Crippen LogP contribution in [0.5, 0.6) is 0 Å². The highest BCUT2D eigenvalue weighted by atomic mass is 14.8. The van der Waals surface area contributed by atoms with Gasteiger partial charge in [0.15, 0.2) is 0 Å². The van der Waals surface area contributed by atoms with Gasteiger partial charge in [-0.3, -0.25) is 0 Å². The van der Waals surface area contributed by atoms with Crippen LogP contribution in [0.1, 0.15) is 39.8 Å². The van der Waals surface area contributed by atoms with Gasteiger partial charge in [0, 0.05) is 34.4 Å². The lowest BCUT2D eigenvalue weighted by atomic mass is 9.77. The molecule has 0 bridgehead atoms. The highest BCUT2D eigenvalue weighted by Crippen LogP contribution is 2.59. The number of rotatable bonds is 3. The molecule has 2 aliphatic rings. The first-order chi connectivity index (χ1) is 16.9. The fraction of sp³-hybridized carbons (Fsp3) is 0.0909. The lowest BCUT2D eigenvalue weighted by Gasteiger charge is -2.25. The summed E-state index contributed by atoms with van der Waals surface area (Å²) in [7, 11) is 0. The summed E-state index contributed by atoms with van der Waals surface area (Å²) in [5.41, 5.74) is 10.8. The molecule has 1 N–H and O–H groups in total. The second-order valence-corrected chi connectivity index (χ2v) is 9.36. The number of fused-ring (bicyclic) bond motifs is 5. The molecule has 0 spiro atoms. The van der Waals surface area contributed by atoms with Crippen molar-refractivity contribution in [3.05, 3.63) is 161 Å². The molecule has 3 atom stereocenters. The van der Waals surface area contributed by atoms with E-state index in [9.17, 15) is 0 Å². The largest absolute Gasteiger partial charge is 0.358 e. The summed E-state index contributed by atoms with van der Waals surface area (Å²) in [5, 5.41) is 1.36. The van der Waals surface area contributed by atoms with Crippen LogP contribution in [0.25, 0.3) is 16.5 Å². The molecule has 5 aromatic rings. The molecule has 0 amide bonds. The van der Waals surface area contributed by atoms with Crippen LogP contribution in [-0.4, -0.2) is 4.98 Å². The summed E-state index contributed by atoms with van der Waals surface area (Å²) in [4.78, 5) is 3.81. The maximum absolute atomic E-state index is 3.81. The first-order valence-corrected chi connectivity index (χ1v) is 12.1. The molecule has 1 heterocycles. The smallest absolute Gasteiger partial charge is 0.0459 e. The van der Waals surface area contributed by atoms with Crippen LogP contribution < -0.4 is 0 Å².